The van der Waals surface area contributed by atoms with Gasteiger partial charge >= 0.3 is 0 Å². The fourth-order valence-corrected chi connectivity index (χ4v) is 11.6. The van der Waals surface area contributed by atoms with E-state index in [1.54, 1.807) is 12.5 Å². The molecule has 0 saturated carbocycles. The van der Waals surface area contributed by atoms with Crippen molar-refractivity contribution in [1.82, 2.24) is 9.97 Å². The molecule has 61 heavy (non-hydrogen) atoms. The van der Waals surface area contributed by atoms with Crippen molar-refractivity contribution in [3.63, 3.8) is 0 Å². The van der Waals surface area contributed by atoms with Gasteiger partial charge in [0.25, 0.3) is 0 Å². The minimum absolute atomic E-state index is 0.0531. The molecule has 0 bridgehead atoms. The van der Waals surface area contributed by atoms with E-state index in [-0.39, 0.29) is 10.8 Å². The molecule has 0 fully saturated rings. The van der Waals surface area contributed by atoms with E-state index in [4.69, 9.17) is 0 Å². The second-order valence-electron chi connectivity index (χ2n) is 17.8. The van der Waals surface area contributed by atoms with Crippen molar-refractivity contribution in [3.8, 4) is 78.0 Å². The highest BCUT2D eigenvalue weighted by Gasteiger charge is 2.36. The lowest BCUT2D eigenvalue weighted by Gasteiger charge is -2.22. The van der Waals surface area contributed by atoms with Gasteiger partial charge < -0.3 is 0 Å². The summed E-state index contributed by atoms with van der Waals surface area (Å²) < 4.78 is 2.60. The monoisotopic (exact) mass is 798 g/mol. The Bertz CT molecular complexity index is 3420. The lowest BCUT2D eigenvalue weighted by molar-refractivity contribution is 0.660. The van der Waals surface area contributed by atoms with Crippen molar-refractivity contribution in [3.05, 3.63) is 205 Å². The first-order valence-electron chi connectivity index (χ1n) is 21.2. The first-order valence-corrected chi connectivity index (χ1v) is 22.0. The lowest BCUT2D eigenvalue weighted by Crippen LogP contribution is -2.14. The summed E-state index contributed by atoms with van der Waals surface area (Å²) >= 11 is 1.90. The van der Waals surface area contributed by atoms with E-state index in [1.807, 2.05) is 17.4 Å². The fourth-order valence-electron chi connectivity index (χ4n) is 10.4. The highest BCUT2D eigenvalue weighted by Crippen LogP contribution is 2.52. The van der Waals surface area contributed by atoms with E-state index in [0.29, 0.717) is 0 Å². The summed E-state index contributed by atoms with van der Waals surface area (Å²) in [4.78, 5) is 8.66. The van der Waals surface area contributed by atoms with Crippen LogP contribution in [-0.2, 0) is 10.8 Å². The molecule has 2 aliphatic carbocycles. The van der Waals surface area contributed by atoms with Gasteiger partial charge in [-0.05, 0) is 138 Å². The Kier molecular flexibility index (Phi) is 7.83. The molecule has 0 spiro atoms. The molecule has 0 atom stereocenters. The van der Waals surface area contributed by atoms with Gasteiger partial charge in [0, 0.05) is 48.3 Å². The van der Waals surface area contributed by atoms with Gasteiger partial charge in [0.1, 0.15) is 6.33 Å². The molecule has 0 unspecified atom stereocenters. The predicted molar refractivity (Wildman–Crippen MR) is 257 cm³/mol. The van der Waals surface area contributed by atoms with Crippen LogP contribution in [0.3, 0.4) is 0 Å². The summed E-state index contributed by atoms with van der Waals surface area (Å²) in [7, 11) is 0. The normalized spacial score (nSPS) is 14.2. The van der Waals surface area contributed by atoms with Crippen LogP contribution in [0.15, 0.2) is 182 Å². The van der Waals surface area contributed by atoms with Crippen LogP contribution in [0.4, 0.5) is 0 Å². The molecule has 2 aromatic heterocycles. The van der Waals surface area contributed by atoms with E-state index in [2.05, 4.69) is 201 Å². The van der Waals surface area contributed by atoms with Gasteiger partial charge in [0.15, 0.2) is 0 Å². The van der Waals surface area contributed by atoms with Crippen LogP contribution in [-0.4, -0.2) is 9.97 Å². The van der Waals surface area contributed by atoms with Gasteiger partial charge in [-0.3, -0.25) is 0 Å². The largest absolute Gasteiger partial charge is 0.245 e. The summed E-state index contributed by atoms with van der Waals surface area (Å²) in [6.07, 6.45) is 3.41. The quantitative estimate of drug-likeness (QED) is 0.173. The first-order chi connectivity index (χ1) is 29.7. The molecule has 0 amide bonds. The van der Waals surface area contributed by atoms with Crippen LogP contribution in [0.25, 0.3) is 98.2 Å². The van der Waals surface area contributed by atoms with Crippen molar-refractivity contribution in [1.29, 1.82) is 0 Å². The molecule has 8 aromatic carbocycles. The number of nitrogens with zero attached hydrogens (tertiary/aromatic N) is 2. The number of hydrogen-bond acceptors (Lipinski definition) is 3. The Balaban J connectivity index is 1.04. The highest BCUT2D eigenvalue weighted by atomic mass is 32.1. The van der Waals surface area contributed by atoms with Crippen molar-refractivity contribution in [2.75, 3.05) is 0 Å². The Morgan fingerprint density at radius 3 is 1.56 bits per heavy atom. The third-order valence-corrected chi connectivity index (χ3v) is 14.9. The molecule has 12 rings (SSSR count). The minimum Gasteiger partial charge on any atom is -0.245 e. The molecule has 0 N–H and O–H groups in total. The molecule has 0 aliphatic heterocycles. The third-order valence-electron chi connectivity index (χ3n) is 13.7. The fraction of sp³-hybridized carbons (Fsp3) is 0.103. The zero-order chi connectivity index (χ0) is 41.0. The molecular weight excluding hydrogens is 757 g/mol. The molecule has 2 heterocycles. The van der Waals surface area contributed by atoms with Gasteiger partial charge in [0.2, 0.25) is 0 Å². The van der Waals surface area contributed by atoms with Crippen molar-refractivity contribution in [2.45, 2.75) is 38.5 Å². The zero-order valence-corrected chi connectivity index (χ0v) is 35.4. The van der Waals surface area contributed by atoms with E-state index < -0.39 is 0 Å². The maximum Gasteiger partial charge on any atom is 0.116 e. The minimum atomic E-state index is -0.0840. The third kappa shape index (κ3) is 5.54. The van der Waals surface area contributed by atoms with Crippen LogP contribution in [0.5, 0.6) is 0 Å². The molecule has 2 aliphatic rings. The van der Waals surface area contributed by atoms with Crippen LogP contribution in [0, 0.1) is 0 Å². The number of thiophene rings is 1. The number of rotatable bonds is 5. The second kappa shape index (κ2) is 13.3. The molecule has 0 saturated heterocycles. The lowest BCUT2D eigenvalue weighted by atomic mass is 9.81. The average Bonchev–Trinajstić information content (AvgIpc) is 3.88. The molecule has 3 heteroatoms. The molecule has 290 valence electrons. The van der Waals surface area contributed by atoms with E-state index >= 15 is 0 Å². The second-order valence-corrected chi connectivity index (χ2v) is 18.9. The van der Waals surface area contributed by atoms with Gasteiger partial charge in [0.05, 0.1) is 5.69 Å². The first kappa shape index (κ1) is 36.0. The SMILES string of the molecule is CC1(C)c2ccccc2-c2ccc(-c3ccc4sc5c(-c6cccc(-c7cccc(-c8ccncn8)c7)c6)cc(-c6ccc7c(c6)C(C)(C)c6ccccc6-7)cc5c4c3)cc21. The highest BCUT2D eigenvalue weighted by molar-refractivity contribution is 7.26. The molecule has 10 aromatic rings. The number of aromatic nitrogens is 2. The Morgan fingerprint density at radius 2 is 0.902 bits per heavy atom. The van der Waals surface area contributed by atoms with Crippen LogP contribution >= 0.6 is 11.3 Å². The maximum atomic E-state index is 4.53. The van der Waals surface area contributed by atoms with Crippen molar-refractivity contribution < 1.29 is 0 Å². The van der Waals surface area contributed by atoms with Gasteiger partial charge in [-0.15, -0.1) is 11.3 Å². The smallest absolute Gasteiger partial charge is 0.116 e. The van der Waals surface area contributed by atoms with Crippen molar-refractivity contribution >= 4 is 31.5 Å². The summed E-state index contributed by atoms with van der Waals surface area (Å²) in [5, 5.41) is 2.59. The number of fused-ring (bicyclic) bond motifs is 9. The van der Waals surface area contributed by atoms with Gasteiger partial charge in [-0.1, -0.05) is 143 Å². The Labute approximate surface area is 360 Å². The average molecular weight is 799 g/mol. The molecular formula is C58H42N2S. The topological polar surface area (TPSA) is 25.8 Å². The summed E-state index contributed by atoms with van der Waals surface area (Å²) in [6, 6.07) is 63.7. The van der Waals surface area contributed by atoms with E-state index in [0.717, 1.165) is 16.8 Å². The van der Waals surface area contributed by atoms with Crippen LogP contribution in [0.2, 0.25) is 0 Å². The predicted octanol–water partition coefficient (Wildman–Crippen LogP) is 15.8. The Hall–Kier alpha value is -6.94. The van der Waals surface area contributed by atoms with Gasteiger partial charge in [-0.2, -0.15) is 0 Å². The van der Waals surface area contributed by atoms with E-state index in [1.165, 1.54) is 104 Å². The van der Waals surface area contributed by atoms with E-state index in [9.17, 15) is 0 Å². The van der Waals surface area contributed by atoms with Crippen molar-refractivity contribution in [2.24, 2.45) is 0 Å². The molecule has 0 radical (unpaired) electrons. The summed E-state index contributed by atoms with van der Waals surface area (Å²) in [5.74, 6) is 0. The summed E-state index contributed by atoms with van der Waals surface area (Å²) in [6.45, 7) is 9.47. The van der Waals surface area contributed by atoms with Crippen LogP contribution < -0.4 is 0 Å². The molecule has 2 nitrogen and oxygen atoms in total. The standard InChI is InChI=1S/C58H42N2S/c1-57(2)50-17-7-5-15-43(50)45-22-19-38(32-52(45)57)37-21-24-55-48(29-37)49-31-42(39-20-23-46-44-16-6-8-18-51(44)58(3,4)53(46)33-39)30-47(56(49)61-55)40-13-9-11-35(27-40)36-12-10-14-41(28-36)54-25-26-59-34-60-54/h5-34H,1-4H3. The zero-order valence-electron chi connectivity index (χ0n) is 34.6. The van der Waals surface area contributed by atoms with Crippen LogP contribution in [0.1, 0.15) is 49.9 Å². The number of hydrogen-bond donors (Lipinski definition) is 0. The number of benzene rings is 8. The summed E-state index contributed by atoms with van der Waals surface area (Å²) in [5.41, 5.74) is 22.6. The van der Waals surface area contributed by atoms with Gasteiger partial charge in [-0.25, -0.2) is 9.97 Å². The maximum absolute atomic E-state index is 4.53. The Morgan fingerprint density at radius 1 is 0.377 bits per heavy atom.